The number of amides is 2. The number of hydrogen-bond acceptors (Lipinski definition) is 5. The van der Waals surface area contributed by atoms with Crippen molar-refractivity contribution in [2.45, 2.75) is 18.2 Å². The molecule has 22 heavy (non-hydrogen) atoms. The lowest BCUT2D eigenvalue weighted by molar-refractivity contribution is -0.122. The molecule has 1 aromatic heterocycles. The van der Waals surface area contributed by atoms with Crippen LogP contribution in [0.25, 0.3) is 10.4 Å². The normalized spacial score (nSPS) is 23.7. The van der Waals surface area contributed by atoms with Crippen molar-refractivity contribution in [2.75, 3.05) is 11.9 Å². The molecular weight excluding hydrogens is 360 g/mol. The van der Waals surface area contributed by atoms with Gasteiger partial charge in [0.05, 0.1) is 12.1 Å². The molecule has 0 radical (unpaired) electrons. The highest BCUT2D eigenvalue weighted by molar-refractivity contribution is 9.10. The van der Waals surface area contributed by atoms with E-state index in [1.807, 2.05) is 0 Å². The number of pyridine rings is 1. The van der Waals surface area contributed by atoms with E-state index in [0.717, 1.165) is 4.90 Å². The number of carbonyl (C=O) groups is 2. The number of aromatic nitrogens is 1. The number of carboxylic acid groups (broad SMARTS) is 1. The number of aliphatic hydroxyl groups excluding tert-OH is 1. The fourth-order valence-corrected chi connectivity index (χ4v) is 2.50. The van der Waals surface area contributed by atoms with Crippen molar-refractivity contribution in [3.05, 3.63) is 33.2 Å². The molecule has 3 unspecified atom stereocenters. The van der Waals surface area contributed by atoms with Crippen LogP contribution < -0.4 is 5.32 Å². The Bertz CT molecular complexity index is 649. The van der Waals surface area contributed by atoms with Gasteiger partial charge in [0.25, 0.3) is 5.91 Å². The summed E-state index contributed by atoms with van der Waals surface area (Å²) in [6.45, 7) is -0.259. The molecule has 0 aromatic carbocycles. The third-order valence-electron chi connectivity index (χ3n) is 3.12. The zero-order chi connectivity index (χ0) is 16.3. The van der Waals surface area contributed by atoms with E-state index >= 15 is 0 Å². The van der Waals surface area contributed by atoms with Crippen molar-refractivity contribution in [3.63, 3.8) is 0 Å². The Morgan fingerprint density at radius 3 is 2.86 bits per heavy atom. The number of hydrogen-bond donors (Lipinski definition) is 3. The van der Waals surface area contributed by atoms with Crippen LogP contribution in [0.1, 0.15) is 0 Å². The molecule has 1 fully saturated rings. The number of halogens is 1. The third-order valence-corrected chi connectivity index (χ3v) is 3.56. The van der Waals surface area contributed by atoms with Gasteiger partial charge in [-0.15, -0.1) is 0 Å². The second kappa shape index (κ2) is 6.60. The summed E-state index contributed by atoms with van der Waals surface area (Å²) in [5, 5.41) is 24.9. The van der Waals surface area contributed by atoms with E-state index in [9.17, 15) is 14.7 Å². The lowest BCUT2D eigenvalue weighted by atomic mass is 10.1. The molecule has 1 aliphatic heterocycles. The highest BCUT2D eigenvalue weighted by Gasteiger charge is 2.47. The number of rotatable bonds is 3. The minimum Gasteiger partial charge on any atom is -0.465 e. The Hall–Kier alpha value is -2.36. The molecule has 1 aliphatic rings. The highest BCUT2D eigenvalue weighted by atomic mass is 79.9. The lowest BCUT2D eigenvalue weighted by Gasteiger charge is -2.22. The highest BCUT2D eigenvalue weighted by Crippen LogP contribution is 2.23. The van der Waals surface area contributed by atoms with Crippen LogP contribution in [0.3, 0.4) is 0 Å². The summed E-state index contributed by atoms with van der Waals surface area (Å²) in [5.74, 6) is -0.555. The number of likely N-dealkylation sites (tertiary alicyclic amines) is 1. The first-order chi connectivity index (χ1) is 10.4. The van der Waals surface area contributed by atoms with Gasteiger partial charge in [-0.3, -0.25) is 9.69 Å². The number of nitrogens with zero attached hydrogens (tertiary/aromatic N) is 5. The monoisotopic (exact) mass is 370 g/mol. The minimum atomic E-state index is -1.43. The molecule has 1 saturated heterocycles. The zero-order valence-electron chi connectivity index (χ0n) is 11.0. The van der Waals surface area contributed by atoms with Gasteiger partial charge in [0, 0.05) is 11.5 Å². The smallest absolute Gasteiger partial charge is 0.408 e. The van der Waals surface area contributed by atoms with E-state index in [0.29, 0.717) is 4.60 Å². The van der Waals surface area contributed by atoms with Crippen LogP contribution in [0.4, 0.5) is 10.6 Å². The van der Waals surface area contributed by atoms with Gasteiger partial charge >= 0.3 is 6.09 Å². The standard InChI is InChI=1S/C11H11BrN6O4/c12-6-2-1-3-7(14-6)15-10(20)8-9(19)5(16-17-13)4-18(8)11(21)22/h1-3,5,8-9,19H,4H2,(H,21,22)(H,14,15,20). The number of aliphatic hydroxyl groups is 1. The zero-order valence-corrected chi connectivity index (χ0v) is 12.6. The van der Waals surface area contributed by atoms with E-state index in [4.69, 9.17) is 10.6 Å². The maximum atomic E-state index is 12.2. The van der Waals surface area contributed by atoms with Crippen molar-refractivity contribution in [3.8, 4) is 0 Å². The van der Waals surface area contributed by atoms with Crippen LogP contribution >= 0.6 is 15.9 Å². The number of nitrogens with one attached hydrogen (secondary N) is 1. The molecule has 116 valence electrons. The summed E-state index contributed by atoms with van der Waals surface area (Å²) >= 11 is 3.14. The van der Waals surface area contributed by atoms with Crippen molar-refractivity contribution >= 4 is 33.7 Å². The van der Waals surface area contributed by atoms with E-state index < -0.39 is 30.2 Å². The van der Waals surface area contributed by atoms with Crippen molar-refractivity contribution in [1.82, 2.24) is 9.88 Å². The number of anilines is 1. The first-order valence-corrected chi connectivity index (χ1v) is 6.88. The molecule has 1 aromatic rings. The molecule has 2 heterocycles. The summed E-state index contributed by atoms with van der Waals surface area (Å²) in [7, 11) is 0. The Labute approximate surface area is 132 Å². The van der Waals surface area contributed by atoms with Crippen molar-refractivity contribution < 1.29 is 19.8 Å². The number of carbonyl (C=O) groups excluding carboxylic acids is 1. The summed E-state index contributed by atoms with van der Waals surface area (Å²) in [6, 6.07) is 2.40. The molecule has 0 spiro atoms. The maximum Gasteiger partial charge on any atom is 0.408 e. The lowest BCUT2D eigenvalue weighted by Crippen LogP contribution is -2.47. The fourth-order valence-electron chi connectivity index (χ4n) is 2.16. The Kier molecular flexibility index (Phi) is 4.81. The Morgan fingerprint density at radius 2 is 2.27 bits per heavy atom. The molecule has 10 nitrogen and oxygen atoms in total. The summed E-state index contributed by atoms with van der Waals surface area (Å²) in [5.41, 5.74) is 8.43. The quantitative estimate of drug-likeness (QED) is 0.315. The summed E-state index contributed by atoms with van der Waals surface area (Å²) in [4.78, 5) is 30.7. The van der Waals surface area contributed by atoms with Crippen LogP contribution in [0.15, 0.2) is 27.9 Å². The van der Waals surface area contributed by atoms with Crippen molar-refractivity contribution in [1.29, 1.82) is 0 Å². The molecule has 3 atom stereocenters. The van der Waals surface area contributed by atoms with Gasteiger partial charge in [-0.05, 0) is 33.6 Å². The minimum absolute atomic E-state index is 0.198. The predicted octanol–water partition coefficient (Wildman–Crippen LogP) is 1.18. The molecular formula is C11H11BrN6O4. The third kappa shape index (κ3) is 3.27. The van der Waals surface area contributed by atoms with Crippen LogP contribution in [0.2, 0.25) is 0 Å². The SMILES string of the molecule is [N-]=[N+]=NC1CN(C(=O)O)C(C(=O)Nc2cccc(Br)n2)C1O. The first kappa shape index (κ1) is 16.0. The molecule has 2 rings (SSSR count). The van der Waals surface area contributed by atoms with E-state index in [-0.39, 0.29) is 12.4 Å². The van der Waals surface area contributed by atoms with Gasteiger partial charge in [0.15, 0.2) is 0 Å². The largest absolute Gasteiger partial charge is 0.465 e. The molecule has 0 aliphatic carbocycles. The second-order valence-corrected chi connectivity index (χ2v) is 5.29. The average Bonchev–Trinajstić information content (AvgIpc) is 2.77. The Balaban J connectivity index is 2.21. The first-order valence-electron chi connectivity index (χ1n) is 6.09. The maximum absolute atomic E-state index is 12.2. The van der Waals surface area contributed by atoms with Crippen molar-refractivity contribution in [2.24, 2.45) is 5.11 Å². The van der Waals surface area contributed by atoms with Crippen LogP contribution in [-0.4, -0.2) is 56.8 Å². The topological polar surface area (TPSA) is 152 Å². The van der Waals surface area contributed by atoms with Crippen LogP contribution in [0.5, 0.6) is 0 Å². The van der Waals surface area contributed by atoms with E-state index in [1.54, 1.807) is 12.1 Å². The number of azide groups is 1. The predicted molar refractivity (Wildman–Crippen MR) is 78.0 cm³/mol. The van der Waals surface area contributed by atoms with Crippen LogP contribution in [0, 0.1) is 0 Å². The second-order valence-electron chi connectivity index (χ2n) is 4.48. The van der Waals surface area contributed by atoms with E-state index in [1.165, 1.54) is 6.07 Å². The summed E-state index contributed by atoms with van der Waals surface area (Å²) < 4.78 is 0.485. The van der Waals surface area contributed by atoms with E-state index in [2.05, 4.69) is 36.3 Å². The molecule has 0 bridgehead atoms. The van der Waals surface area contributed by atoms with Gasteiger partial charge in [0.1, 0.15) is 16.5 Å². The van der Waals surface area contributed by atoms with Gasteiger partial charge < -0.3 is 15.5 Å². The Morgan fingerprint density at radius 1 is 1.55 bits per heavy atom. The molecule has 0 saturated carbocycles. The van der Waals surface area contributed by atoms with Gasteiger partial charge in [0.2, 0.25) is 0 Å². The summed E-state index contributed by atoms with van der Waals surface area (Å²) in [6.07, 6.45) is -2.82. The molecule has 2 amide bonds. The van der Waals surface area contributed by atoms with Gasteiger partial charge in [-0.25, -0.2) is 9.78 Å². The van der Waals surface area contributed by atoms with Gasteiger partial charge in [-0.1, -0.05) is 11.2 Å². The van der Waals surface area contributed by atoms with Gasteiger partial charge in [-0.2, -0.15) is 0 Å². The average molecular weight is 371 g/mol. The molecule has 3 N–H and O–H groups in total. The molecule has 11 heteroatoms. The van der Waals surface area contributed by atoms with Crippen LogP contribution in [-0.2, 0) is 4.79 Å². The fraction of sp³-hybridized carbons (Fsp3) is 0.364.